The van der Waals surface area contributed by atoms with E-state index >= 15 is 0 Å². The average molecular weight is 212 g/mol. The van der Waals surface area contributed by atoms with Gasteiger partial charge in [0.05, 0.1) is 12.5 Å². The van der Waals surface area contributed by atoms with E-state index < -0.39 is 0 Å². The van der Waals surface area contributed by atoms with Crippen LogP contribution in [0.3, 0.4) is 0 Å². The lowest BCUT2D eigenvalue weighted by Crippen LogP contribution is -2.34. The Morgan fingerprint density at radius 2 is 2.40 bits per heavy atom. The molecule has 2 aliphatic rings. The molecule has 4 heteroatoms. The third-order valence-electron chi connectivity index (χ3n) is 3.25. The van der Waals surface area contributed by atoms with Crippen LogP contribution in [0.25, 0.3) is 0 Å². The number of amides is 1. The Kier molecular flexibility index (Phi) is 3.97. The van der Waals surface area contributed by atoms with Crippen LogP contribution in [-0.4, -0.2) is 38.3 Å². The van der Waals surface area contributed by atoms with Crippen LogP contribution in [0.2, 0.25) is 0 Å². The minimum atomic E-state index is 0.0986. The standard InChI is InChI=1S/C11H20N2O2/c14-11(9-4-7-15-8-9)13-6-3-10-2-1-5-12-10/h9-10,12H,1-8H2,(H,13,14)/t9?,10-/m0/s1. The van der Waals surface area contributed by atoms with Crippen molar-refractivity contribution in [1.29, 1.82) is 0 Å². The highest BCUT2D eigenvalue weighted by molar-refractivity contribution is 5.78. The van der Waals surface area contributed by atoms with Crippen molar-refractivity contribution in [3.63, 3.8) is 0 Å². The SMILES string of the molecule is O=C(NCC[C@@H]1CCCN1)C1CCOC1. The van der Waals surface area contributed by atoms with Gasteiger partial charge < -0.3 is 15.4 Å². The zero-order valence-corrected chi connectivity index (χ0v) is 9.13. The van der Waals surface area contributed by atoms with Crippen molar-refractivity contribution in [2.45, 2.75) is 31.7 Å². The first-order valence-corrected chi connectivity index (χ1v) is 5.95. The lowest BCUT2D eigenvalue weighted by molar-refractivity contribution is -0.124. The first-order valence-electron chi connectivity index (χ1n) is 5.95. The van der Waals surface area contributed by atoms with E-state index in [1.165, 1.54) is 12.8 Å². The van der Waals surface area contributed by atoms with Gasteiger partial charge in [0.15, 0.2) is 0 Å². The molecular weight excluding hydrogens is 192 g/mol. The van der Waals surface area contributed by atoms with Crippen LogP contribution >= 0.6 is 0 Å². The van der Waals surface area contributed by atoms with Gasteiger partial charge in [-0.25, -0.2) is 0 Å². The molecule has 2 aliphatic heterocycles. The van der Waals surface area contributed by atoms with Crippen molar-refractivity contribution < 1.29 is 9.53 Å². The second kappa shape index (κ2) is 5.47. The smallest absolute Gasteiger partial charge is 0.225 e. The van der Waals surface area contributed by atoms with Crippen molar-refractivity contribution in [3.8, 4) is 0 Å². The molecule has 0 radical (unpaired) electrons. The number of ether oxygens (including phenoxy) is 1. The molecular formula is C11H20N2O2. The van der Waals surface area contributed by atoms with Crippen LogP contribution in [-0.2, 0) is 9.53 Å². The average Bonchev–Trinajstić information content (AvgIpc) is 2.90. The number of hydrogen-bond acceptors (Lipinski definition) is 3. The highest BCUT2D eigenvalue weighted by Crippen LogP contribution is 2.12. The van der Waals surface area contributed by atoms with E-state index in [2.05, 4.69) is 10.6 Å². The molecule has 2 rings (SSSR count). The van der Waals surface area contributed by atoms with Gasteiger partial charge in [-0.1, -0.05) is 0 Å². The van der Waals surface area contributed by atoms with Crippen molar-refractivity contribution in [2.75, 3.05) is 26.3 Å². The second-order valence-corrected chi connectivity index (χ2v) is 4.43. The summed E-state index contributed by atoms with van der Waals surface area (Å²) in [6.45, 7) is 3.28. The second-order valence-electron chi connectivity index (χ2n) is 4.43. The van der Waals surface area contributed by atoms with Gasteiger partial charge in [0, 0.05) is 19.2 Å². The highest BCUT2D eigenvalue weighted by Gasteiger charge is 2.23. The molecule has 2 N–H and O–H groups in total. The van der Waals surface area contributed by atoms with E-state index in [1.807, 2.05) is 0 Å². The molecule has 2 saturated heterocycles. The molecule has 86 valence electrons. The van der Waals surface area contributed by atoms with Crippen molar-refractivity contribution in [3.05, 3.63) is 0 Å². The number of hydrogen-bond donors (Lipinski definition) is 2. The van der Waals surface area contributed by atoms with Gasteiger partial charge in [0.25, 0.3) is 0 Å². The minimum absolute atomic E-state index is 0.0986. The van der Waals surface area contributed by atoms with Crippen molar-refractivity contribution in [1.82, 2.24) is 10.6 Å². The molecule has 0 aromatic heterocycles. The predicted octanol–water partition coefficient (Wildman–Crippen LogP) is 0.281. The van der Waals surface area contributed by atoms with Crippen LogP contribution in [0.15, 0.2) is 0 Å². The molecule has 15 heavy (non-hydrogen) atoms. The number of rotatable bonds is 4. The summed E-state index contributed by atoms with van der Waals surface area (Å²) in [5, 5.41) is 6.42. The Morgan fingerprint density at radius 3 is 3.07 bits per heavy atom. The Morgan fingerprint density at radius 1 is 1.47 bits per heavy atom. The fourth-order valence-corrected chi connectivity index (χ4v) is 2.26. The first-order chi connectivity index (χ1) is 7.36. The van der Waals surface area contributed by atoms with Crippen molar-refractivity contribution >= 4 is 5.91 Å². The summed E-state index contributed by atoms with van der Waals surface area (Å²) in [6.07, 6.45) is 4.46. The van der Waals surface area contributed by atoms with Crippen LogP contribution in [0.1, 0.15) is 25.7 Å². The fraction of sp³-hybridized carbons (Fsp3) is 0.909. The summed E-state index contributed by atoms with van der Waals surface area (Å²) in [4.78, 5) is 11.6. The topological polar surface area (TPSA) is 50.4 Å². The number of carbonyl (C=O) groups is 1. The third-order valence-corrected chi connectivity index (χ3v) is 3.25. The third kappa shape index (κ3) is 3.18. The van der Waals surface area contributed by atoms with Crippen LogP contribution in [0.4, 0.5) is 0 Å². The maximum Gasteiger partial charge on any atom is 0.225 e. The summed E-state index contributed by atoms with van der Waals surface area (Å²) < 4.78 is 5.18. The van der Waals surface area contributed by atoms with E-state index in [1.54, 1.807) is 0 Å². The number of nitrogens with one attached hydrogen (secondary N) is 2. The van der Waals surface area contributed by atoms with Gasteiger partial charge in [-0.3, -0.25) is 4.79 Å². The lowest BCUT2D eigenvalue weighted by atomic mass is 10.1. The zero-order chi connectivity index (χ0) is 10.5. The highest BCUT2D eigenvalue weighted by atomic mass is 16.5. The molecule has 1 unspecified atom stereocenters. The van der Waals surface area contributed by atoms with Crippen LogP contribution < -0.4 is 10.6 Å². The zero-order valence-electron chi connectivity index (χ0n) is 9.13. The predicted molar refractivity (Wildman–Crippen MR) is 57.6 cm³/mol. The van der Waals surface area contributed by atoms with Gasteiger partial charge in [0.2, 0.25) is 5.91 Å². The van der Waals surface area contributed by atoms with E-state index in [0.29, 0.717) is 12.6 Å². The fourth-order valence-electron chi connectivity index (χ4n) is 2.26. The van der Waals surface area contributed by atoms with E-state index in [-0.39, 0.29) is 11.8 Å². The summed E-state index contributed by atoms with van der Waals surface area (Å²) in [5.41, 5.74) is 0. The molecule has 0 aromatic carbocycles. The van der Waals surface area contributed by atoms with E-state index in [9.17, 15) is 4.79 Å². The minimum Gasteiger partial charge on any atom is -0.381 e. The van der Waals surface area contributed by atoms with Gasteiger partial charge >= 0.3 is 0 Å². The Hall–Kier alpha value is -0.610. The monoisotopic (exact) mass is 212 g/mol. The van der Waals surface area contributed by atoms with Gasteiger partial charge in [0.1, 0.15) is 0 Å². The molecule has 0 spiro atoms. The summed E-state index contributed by atoms with van der Waals surface area (Å²) in [5.74, 6) is 0.270. The first kappa shape index (κ1) is 10.9. The summed E-state index contributed by atoms with van der Waals surface area (Å²) in [7, 11) is 0. The quantitative estimate of drug-likeness (QED) is 0.704. The van der Waals surface area contributed by atoms with E-state index in [0.717, 1.165) is 32.5 Å². The largest absolute Gasteiger partial charge is 0.381 e. The van der Waals surface area contributed by atoms with Gasteiger partial charge in [-0.15, -0.1) is 0 Å². The lowest BCUT2D eigenvalue weighted by Gasteiger charge is -2.12. The maximum atomic E-state index is 11.6. The Labute approximate surface area is 90.8 Å². The van der Waals surface area contributed by atoms with E-state index in [4.69, 9.17) is 4.74 Å². The molecule has 0 saturated carbocycles. The molecule has 4 nitrogen and oxygen atoms in total. The molecule has 2 fully saturated rings. The van der Waals surface area contributed by atoms with Gasteiger partial charge in [-0.05, 0) is 32.2 Å². The number of carbonyl (C=O) groups excluding carboxylic acids is 1. The molecule has 0 bridgehead atoms. The Balaban J connectivity index is 1.58. The van der Waals surface area contributed by atoms with Crippen LogP contribution in [0.5, 0.6) is 0 Å². The summed E-state index contributed by atoms with van der Waals surface area (Å²) in [6, 6.07) is 0.616. The van der Waals surface area contributed by atoms with Crippen molar-refractivity contribution in [2.24, 2.45) is 5.92 Å². The Bertz CT molecular complexity index is 209. The molecule has 1 amide bonds. The van der Waals surface area contributed by atoms with Gasteiger partial charge in [-0.2, -0.15) is 0 Å². The normalized spacial score (nSPS) is 30.7. The van der Waals surface area contributed by atoms with Crippen LogP contribution in [0, 0.1) is 5.92 Å². The molecule has 0 aliphatic carbocycles. The summed E-state index contributed by atoms with van der Waals surface area (Å²) >= 11 is 0. The molecule has 0 aromatic rings. The maximum absolute atomic E-state index is 11.6. The molecule has 2 atom stereocenters. The molecule has 2 heterocycles.